The second-order valence-electron chi connectivity index (χ2n) is 5.97. The van der Waals surface area contributed by atoms with Crippen molar-refractivity contribution in [3.05, 3.63) is 75.7 Å². The molecule has 1 aromatic heterocycles. The number of hydrogen-bond donors (Lipinski definition) is 1. The molecule has 0 aliphatic heterocycles. The summed E-state index contributed by atoms with van der Waals surface area (Å²) in [6, 6.07) is 15.2. The van der Waals surface area contributed by atoms with Crippen molar-refractivity contribution in [2.24, 2.45) is 0 Å². The lowest BCUT2D eigenvalue weighted by atomic mass is 10.1. The van der Waals surface area contributed by atoms with Gasteiger partial charge < -0.3 is 9.73 Å². The minimum atomic E-state index is -0.0609. The first-order chi connectivity index (χ1) is 12.5. The maximum absolute atomic E-state index is 12.2. The first-order valence-electron chi connectivity index (χ1n) is 8.27. The second kappa shape index (κ2) is 8.52. The largest absolute Gasteiger partial charge is 0.441 e. The highest BCUT2D eigenvalue weighted by molar-refractivity contribution is 9.10. The lowest BCUT2D eigenvalue weighted by Gasteiger charge is -2.14. The third-order valence-electron chi connectivity index (χ3n) is 3.97. The minimum Gasteiger partial charge on any atom is -0.441 e. The van der Waals surface area contributed by atoms with E-state index < -0.39 is 0 Å². The van der Waals surface area contributed by atoms with E-state index in [2.05, 4.69) is 26.2 Å². The van der Waals surface area contributed by atoms with Gasteiger partial charge in [-0.15, -0.1) is 0 Å². The molecule has 1 atom stereocenters. The molecule has 1 heterocycles. The third kappa shape index (κ3) is 4.96. The van der Waals surface area contributed by atoms with Crippen molar-refractivity contribution < 1.29 is 9.21 Å². The molecule has 0 fully saturated rings. The molecule has 0 aliphatic rings. The fraction of sp³-hybridized carbons (Fsp3) is 0.200. The van der Waals surface area contributed by atoms with Gasteiger partial charge in [-0.2, -0.15) is 0 Å². The first kappa shape index (κ1) is 18.7. The Morgan fingerprint density at radius 3 is 2.77 bits per heavy atom. The predicted molar refractivity (Wildman–Crippen MR) is 106 cm³/mol. The van der Waals surface area contributed by atoms with E-state index in [0.717, 1.165) is 15.6 Å². The SMILES string of the molecule is C[C@H](NC(=O)CCc1ncc(-c2ccc(Cl)cc2)o1)c1cccc(Br)c1. The lowest BCUT2D eigenvalue weighted by molar-refractivity contribution is -0.121. The molecule has 0 spiro atoms. The smallest absolute Gasteiger partial charge is 0.220 e. The Morgan fingerprint density at radius 2 is 2.04 bits per heavy atom. The average molecular weight is 434 g/mol. The van der Waals surface area contributed by atoms with Crippen LogP contribution in [0.5, 0.6) is 0 Å². The molecule has 0 aliphatic carbocycles. The molecule has 4 nitrogen and oxygen atoms in total. The summed E-state index contributed by atoms with van der Waals surface area (Å²) in [6.07, 6.45) is 2.43. The van der Waals surface area contributed by atoms with E-state index >= 15 is 0 Å². The summed E-state index contributed by atoms with van der Waals surface area (Å²) in [7, 11) is 0. The molecule has 1 amide bonds. The Hall–Kier alpha value is -2.11. The number of hydrogen-bond acceptors (Lipinski definition) is 3. The van der Waals surface area contributed by atoms with Gasteiger partial charge in [0.2, 0.25) is 5.91 Å². The van der Waals surface area contributed by atoms with Crippen molar-refractivity contribution in [1.29, 1.82) is 0 Å². The van der Waals surface area contributed by atoms with E-state index in [9.17, 15) is 4.79 Å². The van der Waals surface area contributed by atoms with Gasteiger partial charge in [0.05, 0.1) is 12.2 Å². The van der Waals surface area contributed by atoms with Crippen LogP contribution >= 0.6 is 27.5 Å². The number of oxazole rings is 1. The minimum absolute atomic E-state index is 0.0382. The summed E-state index contributed by atoms with van der Waals surface area (Å²) in [5.41, 5.74) is 1.95. The van der Waals surface area contributed by atoms with E-state index in [4.69, 9.17) is 16.0 Å². The predicted octanol–water partition coefficient (Wildman–Crippen LogP) is 5.57. The third-order valence-corrected chi connectivity index (χ3v) is 4.72. The van der Waals surface area contributed by atoms with Crippen molar-refractivity contribution >= 4 is 33.4 Å². The number of aryl methyl sites for hydroxylation is 1. The Labute approximate surface area is 165 Å². The molecule has 0 bridgehead atoms. The highest BCUT2D eigenvalue weighted by Gasteiger charge is 2.12. The van der Waals surface area contributed by atoms with Crippen molar-refractivity contribution in [3.8, 4) is 11.3 Å². The second-order valence-corrected chi connectivity index (χ2v) is 7.32. The standard InChI is InChI=1S/C20H18BrClN2O2/c1-13(15-3-2-4-16(21)11-15)24-19(25)9-10-20-23-12-18(26-20)14-5-7-17(22)8-6-14/h2-8,11-13H,9-10H2,1H3,(H,24,25)/t13-/m0/s1. The Balaban J connectivity index is 1.54. The number of nitrogens with zero attached hydrogens (tertiary/aromatic N) is 1. The van der Waals surface area contributed by atoms with E-state index in [0.29, 0.717) is 29.5 Å². The van der Waals surface area contributed by atoms with Gasteiger partial charge in [0.15, 0.2) is 11.7 Å². The molecule has 3 aromatic rings. The quantitative estimate of drug-likeness (QED) is 0.553. The normalized spacial score (nSPS) is 12.0. The lowest BCUT2D eigenvalue weighted by Crippen LogP contribution is -2.26. The van der Waals surface area contributed by atoms with Gasteiger partial charge in [-0.1, -0.05) is 39.7 Å². The Morgan fingerprint density at radius 1 is 1.27 bits per heavy atom. The molecule has 0 saturated carbocycles. The van der Waals surface area contributed by atoms with E-state index in [1.165, 1.54) is 0 Å². The summed E-state index contributed by atoms with van der Waals surface area (Å²) in [5, 5.41) is 3.67. The highest BCUT2D eigenvalue weighted by atomic mass is 79.9. The van der Waals surface area contributed by atoms with Crippen LogP contribution in [0.3, 0.4) is 0 Å². The van der Waals surface area contributed by atoms with Crippen LogP contribution in [0.25, 0.3) is 11.3 Å². The molecular formula is C20H18BrClN2O2. The van der Waals surface area contributed by atoms with Crippen LogP contribution in [0, 0.1) is 0 Å². The number of carbonyl (C=O) groups excluding carboxylic acids is 1. The molecule has 26 heavy (non-hydrogen) atoms. The molecule has 3 rings (SSSR count). The van der Waals surface area contributed by atoms with Crippen molar-refractivity contribution in [2.45, 2.75) is 25.8 Å². The number of benzene rings is 2. The van der Waals surface area contributed by atoms with Gasteiger partial charge in [-0.05, 0) is 48.9 Å². The molecular weight excluding hydrogens is 416 g/mol. The zero-order valence-electron chi connectivity index (χ0n) is 14.2. The molecule has 0 unspecified atom stereocenters. The number of rotatable bonds is 6. The number of halogens is 2. The fourth-order valence-electron chi connectivity index (χ4n) is 2.57. The van der Waals surface area contributed by atoms with E-state index in [1.54, 1.807) is 18.3 Å². The van der Waals surface area contributed by atoms with E-state index in [-0.39, 0.29) is 11.9 Å². The molecule has 1 N–H and O–H groups in total. The van der Waals surface area contributed by atoms with Crippen molar-refractivity contribution in [3.63, 3.8) is 0 Å². The summed E-state index contributed by atoms with van der Waals surface area (Å²) in [6.45, 7) is 1.96. The molecule has 134 valence electrons. The highest BCUT2D eigenvalue weighted by Crippen LogP contribution is 2.23. The maximum Gasteiger partial charge on any atom is 0.220 e. The first-order valence-corrected chi connectivity index (χ1v) is 9.44. The summed E-state index contributed by atoms with van der Waals surface area (Å²) in [5.74, 6) is 1.17. The fourth-order valence-corrected chi connectivity index (χ4v) is 3.11. The average Bonchev–Trinajstić information content (AvgIpc) is 3.09. The van der Waals surface area contributed by atoms with Gasteiger partial charge >= 0.3 is 0 Å². The van der Waals surface area contributed by atoms with Crippen molar-refractivity contribution in [2.75, 3.05) is 0 Å². The van der Waals surface area contributed by atoms with Crippen LogP contribution < -0.4 is 5.32 Å². The topological polar surface area (TPSA) is 55.1 Å². The molecule has 0 radical (unpaired) electrons. The van der Waals surface area contributed by atoms with Crippen LogP contribution in [0.4, 0.5) is 0 Å². The zero-order valence-corrected chi connectivity index (χ0v) is 16.5. The van der Waals surface area contributed by atoms with E-state index in [1.807, 2.05) is 43.3 Å². The molecule has 6 heteroatoms. The van der Waals surface area contributed by atoms with Crippen LogP contribution in [0.1, 0.15) is 30.8 Å². The van der Waals surface area contributed by atoms with Gasteiger partial charge in [0, 0.05) is 27.9 Å². The van der Waals surface area contributed by atoms with Crippen LogP contribution in [0.15, 0.2) is 63.6 Å². The van der Waals surface area contributed by atoms with Crippen LogP contribution in [-0.4, -0.2) is 10.9 Å². The number of nitrogens with one attached hydrogen (secondary N) is 1. The summed E-state index contributed by atoms with van der Waals surface area (Å²) >= 11 is 9.33. The van der Waals surface area contributed by atoms with Gasteiger partial charge in [-0.3, -0.25) is 4.79 Å². The zero-order chi connectivity index (χ0) is 18.5. The van der Waals surface area contributed by atoms with Gasteiger partial charge in [-0.25, -0.2) is 4.98 Å². The molecule has 2 aromatic carbocycles. The maximum atomic E-state index is 12.2. The van der Waals surface area contributed by atoms with Gasteiger partial charge in [0.1, 0.15) is 0 Å². The van der Waals surface area contributed by atoms with Gasteiger partial charge in [0.25, 0.3) is 0 Å². The van der Waals surface area contributed by atoms with Crippen molar-refractivity contribution in [1.82, 2.24) is 10.3 Å². The monoisotopic (exact) mass is 432 g/mol. The summed E-state index contributed by atoms with van der Waals surface area (Å²) in [4.78, 5) is 16.4. The van der Waals surface area contributed by atoms with Crippen LogP contribution in [0.2, 0.25) is 5.02 Å². The Bertz CT molecular complexity index is 893. The summed E-state index contributed by atoms with van der Waals surface area (Å²) < 4.78 is 6.72. The molecule has 0 saturated heterocycles. The number of carbonyl (C=O) groups is 1. The number of amides is 1. The Kier molecular flexibility index (Phi) is 6.12. The number of aromatic nitrogens is 1. The van der Waals surface area contributed by atoms with Crippen LogP contribution in [-0.2, 0) is 11.2 Å².